The van der Waals surface area contributed by atoms with Gasteiger partial charge in [-0.3, -0.25) is 10.1 Å². The minimum atomic E-state index is -0.602. The Hall–Kier alpha value is -2.90. The SMILES string of the molecule is COc1cccc2c1CCC2Nc1ncc([N+](=O)[O-])c(N)n1. The monoisotopic (exact) mass is 301 g/mol. The summed E-state index contributed by atoms with van der Waals surface area (Å²) >= 11 is 0. The van der Waals surface area contributed by atoms with E-state index < -0.39 is 4.92 Å². The van der Waals surface area contributed by atoms with E-state index in [1.165, 1.54) is 0 Å². The van der Waals surface area contributed by atoms with Crippen molar-refractivity contribution in [3.63, 3.8) is 0 Å². The average molecular weight is 301 g/mol. The zero-order chi connectivity index (χ0) is 15.7. The molecule has 0 fully saturated rings. The maximum Gasteiger partial charge on any atom is 0.329 e. The first kappa shape index (κ1) is 14.1. The third-order valence-corrected chi connectivity index (χ3v) is 3.75. The van der Waals surface area contributed by atoms with Crippen LogP contribution in [0, 0.1) is 10.1 Å². The molecule has 3 N–H and O–H groups in total. The second kappa shape index (κ2) is 5.47. The number of fused-ring (bicyclic) bond motifs is 1. The number of nitrogen functional groups attached to an aromatic ring is 1. The molecule has 1 heterocycles. The Morgan fingerprint density at radius 1 is 1.50 bits per heavy atom. The van der Waals surface area contributed by atoms with E-state index in [1.54, 1.807) is 7.11 Å². The molecule has 2 aromatic rings. The van der Waals surface area contributed by atoms with Gasteiger partial charge in [0.05, 0.1) is 18.1 Å². The first-order chi connectivity index (χ1) is 10.6. The molecule has 1 unspecified atom stereocenters. The van der Waals surface area contributed by atoms with Gasteiger partial charge in [-0.25, -0.2) is 4.98 Å². The number of hydrogen-bond donors (Lipinski definition) is 2. The molecule has 1 aliphatic carbocycles. The molecule has 0 amide bonds. The zero-order valence-corrected chi connectivity index (χ0v) is 11.9. The molecular weight excluding hydrogens is 286 g/mol. The number of rotatable bonds is 4. The van der Waals surface area contributed by atoms with E-state index in [2.05, 4.69) is 15.3 Å². The minimum absolute atomic E-state index is 0.0333. The van der Waals surface area contributed by atoms with Gasteiger partial charge < -0.3 is 15.8 Å². The smallest absolute Gasteiger partial charge is 0.329 e. The van der Waals surface area contributed by atoms with Gasteiger partial charge in [-0.15, -0.1) is 0 Å². The lowest BCUT2D eigenvalue weighted by molar-refractivity contribution is -0.384. The molecule has 0 spiro atoms. The quantitative estimate of drug-likeness (QED) is 0.655. The van der Waals surface area contributed by atoms with Gasteiger partial charge in [0.2, 0.25) is 11.8 Å². The van der Waals surface area contributed by atoms with E-state index in [-0.39, 0.29) is 23.5 Å². The second-order valence-electron chi connectivity index (χ2n) is 4.98. The Bertz CT molecular complexity index is 734. The lowest BCUT2D eigenvalue weighted by Gasteiger charge is -2.14. The highest BCUT2D eigenvalue weighted by Crippen LogP contribution is 2.38. The topological polar surface area (TPSA) is 116 Å². The van der Waals surface area contributed by atoms with Crippen LogP contribution in [0.5, 0.6) is 5.75 Å². The lowest BCUT2D eigenvalue weighted by Crippen LogP contribution is -2.11. The largest absolute Gasteiger partial charge is 0.496 e. The standard InChI is InChI=1S/C14H15N5O3/c1-22-12-4-2-3-8-9(12)5-6-10(8)17-14-16-7-11(19(20)21)13(15)18-14/h2-4,7,10H,5-6H2,1H3,(H3,15,16,17,18). The zero-order valence-electron chi connectivity index (χ0n) is 11.9. The van der Waals surface area contributed by atoms with Crippen molar-refractivity contribution in [1.29, 1.82) is 0 Å². The van der Waals surface area contributed by atoms with Gasteiger partial charge in [0.1, 0.15) is 11.9 Å². The van der Waals surface area contributed by atoms with Gasteiger partial charge in [0.15, 0.2) is 0 Å². The number of nitrogens with zero attached hydrogens (tertiary/aromatic N) is 3. The summed E-state index contributed by atoms with van der Waals surface area (Å²) in [6.45, 7) is 0. The highest BCUT2D eigenvalue weighted by molar-refractivity contribution is 5.54. The molecule has 1 aliphatic rings. The molecule has 8 nitrogen and oxygen atoms in total. The van der Waals surface area contributed by atoms with E-state index in [9.17, 15) is 10.1 Å². The summed E-state index contributed by atoms with van der Waals surface area (Å²) in [5, 5.41) is 13.9. The number of hydrogen-bond acceptors (Lipinski definition) is 7. The van der Waals surface area contributed by atoms with Crippen molar-refractivity contribution in [2.75, 3.05) is 18.2 Å². The predicted octanol–water partition coefficient (Wildman–Crippen LogP) is 2.07. The Morgan fingerprint density at radius 3 is 3.00 bits per heavy atom. The van der Waals surface area contributed by atoms with Gasteiger partial charge >= 0.3 is 5.69 Å². The number of nitro groups is 1. The van der Waals surface area contributed by atoms with Crippen molar-refractivity contribution < 1.29 is 9.66 Å². The van der Waals surface area contributed by atoms with Crippen LogP contribution in [-0.2, 0) is 6.42 Å². The highest BCUT2D eigenvalue weighted by atomic mass is 16.6. The van der Waals surface area contributed by atoms with Crippen LogP contribution in [0.2, 0.25) is 0 Å². The first-order valence-corrected chi connectivity index (χ1v) is 6.79. The molecule has 8 heteroatoms. The number of benzene rings is 1. The normalized spacial score (nSPS) is 16.1. The van der Waals surface area contributed by atoms with E-state index in [0.29, 0.717) is 0 Å². The molecule has 114 valence electrons. The fourth-order valence-electron chi connectivity index (χ4n) is 2.72. The third-order valence-electron chi connectivity index (χ3n) is 3.75. The second-order valence-corrected chi connectivity index (χ2v) is 4.98. The number of ether oxygens (including phenoxy) is 1. The number of methoxy groups -OCH3 is 1. The van der Waals surface area contributed by atoms with E-state index in [4.69, 9.17) is 10.5 Å². The fraction of sp³-hybridized carbons (Fsp3) is 0.286. The Balaban J connectivity index is 1.85. The summed E-state index contributed by atoms with van der Waals surface area (Å²) in [6, 6.07) is 5.92. The van der Waals surface area contributed by atoms with Gasteiger partial charge in [-0.2, -0.15) is 4.98 Å². The summed E-state index contributed by atoms with van der Waals surface area (Å²) in [5.41, 5.74) is 7.58. The van der Waals surface area contributed by atoms with Crippen LogP contribution < -0.4 is 15.8 Å². The van der Waals surface area contributed by atoms with Crippen LogP contribution in [-0.4, -0.2) is 22.0 Å². The average Bonchev–Trinajstić information content (AvgIpc) is 2.90. The maximum atomic E-state index is 10.7. The molecule has 1 aromatic heterocycles. The summed E-state index contributed by atoms with van der Waals surface area (Å²) in [5.74, 6) is 1.00. The Kier molecular flexibility index (Phi) is 3.50. The summed E-state index contributed by atoms with van der Waals surface area (Å²) in [4.78, 5) is 18.0. The predicted molar refractivity (Wildman–Crippen MR) is 80.8 cm³/mol. The summed E-state index contributed by atoms with van der Waals surface area (Å²) in [7, 11) is 1.65. The highest BCUT2D eigenvalue weighted by Gasteiger charge is 2.26. The summed E-state index contributed by atoms with van der Waals surface area (Å²) in [6.07, 6.45) is 2.88. The minimum Gasteiger partial charge on any atom is -0.496 e. The van der Waals surface area contributed by atoms with Crippen LogP contribution in [0.25, 0.3) is 0 Å². The van der Waals surface area contributed by atoms with Crippen molar-refractivity contribution >= 4 is 17.5 Å². The molecule has 3 rings (SSSR count). The van der Waals surface area contributed by atoms with Crippen molar-refractivity contribution in [3.8, 4) is 5.75 Å². The van der Waals surface area contributed by atoms with Crippen molar-refractivity contribution in [2.45, 2.75) is 18.9 Å². The Morgan fingerprint density at radius 2 is 2.32 bits per heavy atom. The Labute approximate surface area is 126 Å². The number of nitrogens with two attached hydrogens (primary N) is 1. The number of anilines is 2. The van der Waals surface area contributed by atoms with Crippen LogP contribution in [0.15, 0.2) is 24.4 Å². The molecule has 1 aromatic carbocycles. The summed E-state index contributed by atoms with van der Waals surface area (Å²) < 4.78 is 5.36. The van der Waals surface area contributed by atoms with Crippen molar-refractivity contribution in [3.05, 3.63) is 45.6 Å². The van der Waals surface area contributed by atoms with E-state index in [1.807, 2.05) is 18.2 Å². The molecule has 0 saturated carbocycles. The van der Waals surface area contributed by atoms with Crippen LogP contribution >= 0.6 is 0 Å². The number of nitrogens with one attached hydrogen (secondary N) is 1. The number of aromatic nitrogens is 2. The molecule has 0 aliphatic heterocycles. The van der Waals surface area contributed by atoms with Gasteiger partial charge in [0, 0.05) is 0 Å². The van der Waals surface area contributed by atoms with Crippen molar-refractivity contribution in [1.82, 2.24) is 9.97 Å². The molecule has 0 bridgehead atoms. The van der Waals surface area contributed by atoms with Crippen LogP contribution in [0.1, 0.15) is 23.6 Å². The van der Waals surface area contributed by atoms with Gasteiger partial charge in [-0.05, 0) is 30.0 Å². The van der Waals surface area contributed by atoms with E-state index >= 15 is 0 Å². The molecule has 22 heavy (non-hydrogen) atoms. The fourth-order valence-corrected chi connectivity index (χ4v) is 2.72. The molecule has 1 atom stereocenters. The van der Waals surface area contributed by atoms with Crippen LogP contribution in [0.4, 0.5) is 17.5 Å². The molecule has 0 saturated heterocycles. The maximum absolute atomic E-state index is 10.7. The first-order valence-electron chi connectivity index (χ1n) is 6.79. The molecular formula is C14H15N5O3. The van der Waals surface area contributed by atoms with Crippen molar-refractivity contribution in [2.24, 2.45) is 0 Å². The third kappa shape index (κ3) is 2.39. The molecule has 0 radical (unpaired) electrons. The van der Waals surface area contributed by atoms with Gasteiger partial charge in [0.25, 0.3) is 0 Å². The van der Waals surface area contributed by atoms with E-state index in [0.717, 1.165) is 35.9 Å². The lowest BCUT2D eigenvalue weighted by atomic mass is 10.1. The van der Waals surface area contributed by atoms with Crippen LogP contribution in [0.3, 0.4) is 0 Å². The van der Waals surface area contributed by atoms with Gasteiger partial charge in [-0.1, -0.05) is 12.1 Å².